The number of hydrogen-bond donors (Lipinski definition) is 0. The number of furan rings is 1. The van der Waals surface area contributed by atoms with Crippen molar-refractivity contribution in [1.82, 2.24) is 0 Å². The Morgan fingerprint density at radius 1 is 1.07 bits per heavy atom. The molecule has 1 rings (SSSR count). The first-order valence-electron chi connectivity index (χ1n) is 5.71. The summed E-state index contributed by atoms with van der Waals surface area (Å²) in [6.45, 7) is 14.4. The second kappa shape index (κ2) is 10.4. The van der Waals surface area contributed by atoms with E-state index < -0.39 is 0 Å². The molecule has 1 heterocycles. The SMILES string of the molecule is CC.CCC.CCc1cc(C)c(C)o1. The molecule has 0 aliphatic carbocycles. The molecule has 1 aromatic rings. The van der Waals surface area contributed by atoms with Crippen LogP contribution in [0.4, 0.5) is 0 Å². The molecule has 84 valence electrons. The topological polar surface area (TPSA) is 13.1 Å². The summed E-state index contributed by atoms with van der Waals surface area (Å²) < 4.78 is 5.36. The van der Waals surface area contributed by atoms with Crippen molar-refractivity contribution in [2.24, 2.45) is 0 Å². The van der Waals surface area contributed by atoms with Gasteiger partial charge in [-0.05, 0) is 25.5 Å². The lowest BCUT2D eigenvalue weighted by Gasteiger charge is -1.83. The molecule has 14 heavy (non-hydrogen) atoms. The minimum absolute atomic E-state index is 0.995. The molecule has 0 saturated heterocycles. The molecule has 1 heteroatoms. The second-order valence-corrected chi connectivity index (χ2v) is 3.01. The zero-order valence-electron chi connectivity index (χ0n) is 10.9. The van der Waals surface area contributed by atoms with Gasteiger partial charge >= 0.3 is 0 Å². The molecule has 0 saturated carbocycles. The van der Waals surface area contributed by atoms with Crippen molar-refractivity contribution in [3.8, 4) is 0 Å². The van der Waals surface area contributed by atoms with Crippen molar-refractivity contribution in [2.45, 2.75) is 61.3 Å². The zero-order chi connectivity index (χ0) is 11.6. The van der Waals surface area contributed by atoms with E-state index in [9.17, 15) is 0 Å². The normalized spacial score (nSPS) is 8.21. The van der Waals surface area contributed by atoms with Crippen LogP contribution in [-0.4, -0.2) is 0 Å². The van der Waals surface area contributed by atoms with Crippen molar-refractivity contribution in [3.05, 3.63) is 23.2 Å². The van der Waals surface area contributed by atoms with Gasteiger partial charge in [-0.1, -0.05) is 41.0 Å². The summed E-state index contributed by atoms with van der Waals surface area (Å²) in [5, 5.41) is 0. The maximum Gasteiger partial charge on any atom is 0.104 e. The van der Waals surface area contributed by atoms with Gasteiger partial charge in [-0.3, -0.25) is 0 Å². The highest BCUT2D eigenvalue weighted by Gasteiger charge is 1.98. The fourth-order valence-electron chi connectivity index (χ4n) is 0.824. The van der Waals surface area contributed by atoms with Gasteiger partial charge in [0.1, 0.15) is 11.5 Å². The van der Waals surface area contributed by atoms with Crippen LogP contribution in [0.25, 0.3) is 0 Å². The lowest BCUT2D eigenvalue weighted by molar-refractivity contribution is 0.487. The molecule has 0 radical (unpaired) electrons. The minimum atomic E-state index is 0.995. The largest absolute Gasteiger partial charge is 0.466 e. The molecule has 1 nitrogen and oxygen atoms in total. The fraction of sp³-hybridized carbons (Fsp3) is 0.692. The van der Waals surface area contributed by atoms with Crippen LogP contribution in [0.1, 0.15) is 58.1 Å². The predicted octanol–water partition coefficient (Wildman–Crippen LogP) is 4.90. The van der Waals surface area contributed by atoms with Crippen LogP contribution in [0, 0.1) is 13.8 Å². The highest BCUT2D eigenvalue weighted by molar-refractivity contribution is 5.18. The Morgan fingerprint density at radius 2 is 1.50 bits per heavy atom. The Morgan fingerprint density at radius 3 is 1.64 bits per heavy atom. The molecule has 0 aliphatic heterocycles. The maximum absolute atomic E-state index is 5.36. The van der Waals surface area contributed by atoms with Crippen molar-refractivity contribution in [3.63, 3.8) is 0 Å². The van der Waals surface area contributed by atoms with E-state index in [2.05, 4.69) is 33.8 Å². The maximum atomic E-state index is 5.36. The smallest absolute Gasteiger partial charge is 0.104 e. The summed E-state index contributed by atoms with van der Waals surface area (Å²) in [5.41, 5.74) is 1.26. The van der Waals surface area contributed by atoms with Crippen molar-refractivity contribution < 1.29 is 4.42 Å². The van der Waals surface area contributed by atoms with E-state index in [0.717, 1.165) is 17.9 Å². The first-order chi connectivity index (χ1) is 6.65. The molecule has 0 fully saturated rings. The van der Waals surface area contributed by atoms with Crippen LogP contribution in [0.3, 0.4) is 0 Å². The first-order valence-corrected chi connectivity index (χ1v) is 5.71. The third-order valence-corrected chi connectivity index (χ3v) is 1.57. The van der Waals surface area contributed by atoms with Crippen LogP contribution in [0.5, 0.6) is 0 Å². The van der Waals surface area contributed by atoms with Gasteiger partial charge in [0.05, 0.1) is 0 Å². The average molecular weight is 198 g/mol. The lowest BCUT2D eigenvalue weighted by atomic mass is 10.2. The molecule has 0 atom stereocenters. The van der Waals surface area contributed by atoms with Crippen LogP contribution in [-0.2, 0) is 6.42 Å². The van der Waals surface area contributed by atoms with Gasteiger partial charge in [-0.15, -0.1) is 0 Å². The van der Waals surface area contributed by atoms with Crippen molar-refractivity contribution in [1.29, 1.82) is 0 Å². The lowest BCUT2D eigenvalue weighted by Crippen LogP contribution is -1.68. The Labute approximate surface area is 89.5 Å². The molecule has 0 amide bonds. The Kier molecular flexibility index (Phi) is 11.6. The van der Waals surface area contributed by atoms with Gasteiger partial charge in [-0.25, -0.2) is 0 Å². The van der Waals surface area contributed by atoms with Crippen LogP contribution >= 0.6 is 0 Å². The summed E-state index contributed by atoms with van der Waals surface area (Å²) in [5.74, 6) is 2.14. The average Bonchev–Trinajstić information content (AvgIpc) is 2.51. The summed E-state index contributed by atoms with van der Waals surface area (Å²) in [6, 6.07) is 2.09. The number of hydrogen-bond acceptors (Lipinski definition) is 1. The molecule has 1 aromatic heterocycles. The van der Waals surface area contributed by atoms with E-state index in [4.69, 9.17) is 4.42 Å². The fourth-order valence-corrected chi connectivity index (χ4v) is 0.824. The van der Waals surface area contributed by atoms with Crippen molar-refractivity contribution in [2.75, 3.05) is 0 Å². The van der Waals surface area contributed by atoms with E-state index in [1.807, 2.05) is 20.8 Å². The Hall–Kier alpha value is -0.720. The Bertz CT molecular complexity index is 192. The van der Waals surface area contributed by atoms with Crippen LogP contribution < -0.4 is 0 Å². The van der Waals surface area contributed by atoms with Gasteiger partial charge in [0, 0.05) is 6.42 Å². The molecule has 0 spiro atoms. The molecule has 0 bridgehead atoms. The predicted molar refractivity (Wildman–Crippen MR) is 64.9 cm³/mol. The standard InChI is InChI=1S/C8H12O.C3H8.C2H6/c1-4-8-5-6(2)7(3)9-8;1-3-2;1-2/h5H,4H2,1-3H3;3H2,1-2H3;1-2H3. The Balaban J connectivity index is 0. The molecule has 0 N–H and O–H groups in total. The van der Waals surface area contributed by atoms with Gasteiger partial charge in [0.15, 0.2) is 0 Å². The van der Waals surface area contributed by atoms with E-state index in [1.54, 1.807) is 0 Å². The highest BCUT2D eigenvalue weighted by Crippen LogP contribution is 2.12. The third-order valence-electron chi connectivity index (χ3n) is 1.57. The molecule has 0 unspecified atom stereocenters. The summed E-state index contributed by atoms with van der Waals surface area (Å²) in [4.78, 5) is 0. The number of aryl methyl sites for hydroxylation is 3. The van der Waals surface area contributed by atoms with E-state index in [-0.39, 0.29) is 0 Å². The van der Waals surface area contributed by atoms with E-state index in [0.29, 0.717) is 0 Å². The molecular formula is C13H26O. The van der Waals surface area contributed by atoms with Gasteiger partial charge in [-0.2, -0.15) is 0 Å². The second-order valence-electron chi connectivity index (χ2n) is 3.01. The van der Waals surface area contributed by atoms with Crippen LogP contribution in [0.15, 0.2) is 10.5 Å². The molecular weight excluding hydrogens is 172 g/mol. The zero-order valence-corrected chi connectivity index (χ0v) is 10.9. The van der Waals surface area contributed by atoms with Crippen molar-refractivity contribution >= 4 is 0 Å². The van der Waals surface area contributed by atoms with Crippen LogP contribution in [0.2, 0.25) is 0 Å². The highest BCUT2D eigenvalue weighted by atomic mass is 16.3. The quantitative estimate of drug-likeness (QED) is 0.625. The van der Waals surface area contributed by atoms with Gasteiger partial charge in [0.2, 0.25) is 0 Å². The number of rotatable bonds is 1. The van der Waals surface area contributed by atoms with E-state index >= 15 is 0 Å². The summed E-state index contributed by atoms with van der Waals surface area (Å²) in [7, 11) is 0. The van der Waals surface area contributed by atoms with Gasteiger partial charge in [0.25, 0.3) is 0 Å². The molecule has 0 aliphatic rings. The third kappa shape index (κ3) is 6.76. The summed E-state index contributed by atoms with van der Waals surface area (Å²) in [6.07, 6.45) is 2.24. The minimum Gasteiger partial charge on any atom is -0.466 e. The first kappa shape index (κ1) is 15.7. The molecule has 0 aromatic carbocycles. The van der Waals surface area contributed by atoms with E-state index in [1.165, 1.54) is 12.0 Å². The summed E-state index contributed by atoms with van der Waals surface area (Å²) >= 11 is 0. The monoisotopic (exact) mass is 198 g/mol. The van der Waals surface area contributed by atoms with Gasteiger partial charge < -0.3 is 4.42 Å².